The molecule has 0 unspecified atom stereocenters. The van der Waals surface area contributed by atoms with Crippen LogP contribution in [0.1, 0.15) is 13.8 Å². The molecule has 0 aliphatic carbocycles. The fourth-order valence-electron chi connectivity index (χ4n) is 0.737. The van der Waals surface area contributed by atoms with E-state index in [1.54, 1.807) is 0 Å². The Labute approximate surface area is 60.9 Å². The number of ether oxygens (including phenoxy) is 1. The number of rotatable bonds is 0. The molecule has 1 fully saturated rings. The standard InChI is InChI=1S/C6H12OTe/c1-6(2)5-7-3-4-8-6/h3-5H2,1-2H3. The molecule has 1 saturated heterocycles. The Hall–Kier alpha value is 0.750. The molecule has 0 atom stereocenters. The van der Waals surface area contributed by atoms with Crippen molar-refractivity contribution in [2.45, 2.75) is 21.8 Å². The third kappa shape index (κ3) is 1.93. The van der Waals surface area contributed by atoms with Crippen LogP contribution in [0.4, 0.5) is 0 Å². The second kappa shape index (κ2) is 2.56. The van der Waals surface area contributed by atoms with Crippen LogP contribution in [-0.2, 0) is 4.74 Å². The Morgan fingerprint density at radius 2 is 2.25 bits per heavy atom. The first-order valence-electron chi connectivity index (χ1n) is 2.92. The molecular weight excluding hydrogens is 216 g/mol. The molecule has 0 aromatic rings. The summed E-state index contributed by atoms with van der Waals surface area (Å²) in [5.74, 6) is 0. The van der Waals surface area contributed by atoms with Crippen molar-refractivity contribution in [2.75, 3.05) is 13.2 Å². The summed E-state index contributed by atoms with van der Waals surface area (Å²) in [6.45, 7) is 6.67. The van der Waals surface area contributed by atoms with Gasteiger partial charge >= 0.3 is 60.7 Å². The van der Waals surface area contributed by atoms with Gasteiger partial charge in [0, 0.05) is 0 Å². The molecule has 1 aliphatic rings. The van der Waals surface area contributed by atoms with E-state index >= 15 is 0 Å². The zero-order valence-electron chi connectivity index (χ0n) is 5.44. The van der Waals surface area contributed by atoms with E-state index in [-0.39, 0.29) is 20.9 Å². The Morgan fingerprint density at radius 3 is 2.50 bits per heavy atom. The van der Waals surface area contributed by atoms with Crippen molar-refractivity contribution in [1.82, 2.24) is 0 Å². The van der Waals surface area contributed by atoms with E-state index in [9.17, 15) is 0 Å². The van der Waals surface area contributed by atoms with E-state index in [2.05, 4.69) is 13.8 Å². The quantitative estimate of drug-likeness (QED) is 0.568. The Bertz CT molecular complexity index is 72.6. The van der Waals surface area contributed by atoms with Gasteiger partial charge in [-0.05, 0) is 0 Å². The molecule has 8 heavy (non-hydrogen) atoms. The summed E-state index contributed by atoms with van der Waals surface area (Å²) in [5.41, 5.74) is 0. The van der Waals surface area contributed by atoms with E-state index in [1.165, 1.54) is 4.47 Å². The van der Waals surface area contributed by atoms with Gasteiger partial charge in [0.25, 0.3) is 0 Å². The van der Waals surface area contributed by atoms with Crippen LogP contribution in [0.3, 0.4) is 0 Å². The molecule has 0 aromatic carbocycles. The summed E-state index contributed by atoms with van der Waals surface area (Å²) in [5, 5.41) is 0. The molecule has 1 nitrogen and oxygen atoms in total. The van der Waals surface area contributed by atoms with Gasteiger partial charge in [0.15, 0.2) is 0 Å². The van der Waals surface area contributed by atoms with Gasteiger partial charge in [0.2, 0.25) is 0 Å². The van der Waals surface area contributed by atoms with Crippen LogP contribution in [0.5, 0.6) is 0 Å². The van der Waals surface area contributed by atoms with Crippen LogP contribution in [-0.4, -0.2) is 34.1 Å². The minimum atomic E-state index is 0.283. The van der Waals surface area contributed by atoms with Crippen LogP contribution >= 0.6 is 0 Å². The van der Waals surface area contributed by atoms with Gasteiger partial charge in [-0.15, -0.1) is 0 Å². The molecule has 48 valence electrons. The van der Waals surface area contributed by atoms with Crippen molar-refractivity contribution in [1.29, 1.82) is 0 Å². The van der Waals surface area contributed by atoms with Gasteiger partial charge in [-0.1, -0.05) is 0 Å². The SMILES string of the molecule is CC1(C)COCC[Te]1. The molecule has 0 amide bonds. The summed E-state index contributed by atoms with van der Waals surface area (Å²) in [4.78, 5) is 0. The van der Waals surface area contributed by atoms with E-state index in [0.717, 1.165) is 13.2 Å². The maximum absolute atomic E-state index is 5.32. The Kier molecular flexibility index (Phi) is 2.19. The molecule has 2 heteroatoms. The third-order valence-corrected chi connectivity index (χ3v) is 4.80. The van der Waals surface area contributed by atoms with Gasteiger partial charge in [0.05, 0.1) is 0 Å². The topological polar surface area (TPSA) is 9.23 Å². The molecule has 0 aromatic heterocycles. The van der Waals surface area contributed by atoms with E-state index in [0.29, 0.717) is 3.46 Å². The third-order valence-electron chi connectivity index (χ3n) is 1.17. The number of hydrogen-bond donors (Lipinski definition) is 0. The zero-order chi connectivity index (χ0) is 6.04. The Morgan fingerprint density at radius 1 is 1.50 bits per heavy atom. The predicted molar refractivity (Wildman–Crippen MR) is 35.4 cm³/mol. The van der Waals surface area contributed by atoms with Crippen molar-refractivity contribution in [3.8, 4) is 0 Å². The Balaban J connectivity index is 2.33. The van der Waals surface area contributed by atoms with Gasteiger partial charge in [-0.3, -0.25) is 0 Å². The van der Waals surface area contributed by atoms with Crippen molar-refractivity contribution >= 4 is 20.9 Å². The molecule has 1 heterocycles. The van der Waals surface area contributed by atoms with Crippen LogP contribution in [0.2, 0.25) is 7.93 Å². The van der Waals surface area contributed by atoms with Crippen molar-refractivity contribution in [2.24, 2.45) is 0 Å². The van der Waals surface area contributed by atoms with Gasteiger partial charge < -0.3 is 0 Å². The molecule has 0 saturated carbocycles. The summed E-state index contributed by atoms with van der Waals surface area (Å²) < 4.78 is 7.28. The van der Waals surface area contributed by atoms with Gasteiger partial charge in [0.1, 0.15) is 0 Å². The fourth-order valence-corrected chi connectivity index (χ4v) is 3.36. The predicted octanol–water partition coefficient (Wildman–Crippen LogP) is 1.34. The summed E-state index contributed by atoms with van der Waals surface area (Å²) in [6, 6.07) is 0. The van der Waals surface area contributed by atoms with E-state index in [4.69, 9.17) is 4.74 Å². The zero-order valence-corrected chi connectivity index (χ0v) is 7.77. The van der Waals surface area contributed by atoms with Crippen LogP contribution < -0.4 is 0 Å². The minimum absolute atomic E-state index is 0.283. The first kappa shape index (κ1) is 6.86. The molecule has 0 spiro atoms. The average molecular weight is 228 g/mol. The van der Waals surface area contributed by atoms with E-state index in [1.807, 2.05) is 0 Å². The van der Waals surface area contributed by atoms with Crippen LogP contribution in [0.15, 0.2) is 0 Å². The average Bonchev–Trinajstić information content (AvgIpc) is 1.65. The summed E-state index contributed by atoms with van der Waals surface area (Å²) >= 11 is 0.283. The molecule has 1 rings (SSSR count). The molecular formula is C6H12OTe. The molecule has 0 bridgehead atoms. The van der Waals surface area contributed by atoms with Crippen LogP contribution in [0, 0.1) is 0 Å². The fraction of sp³-hybridized carbons (Fsp3) is 1.00. The normalized spacial score (nSPS) is 27.8. The maximum atomic E-state index is 5.32. The molecule has 0 N–H and O–H groups in total. The molecule has 1 aliphatic heterocycles. The van der Waals surface area contributed by atoms with Crippen molar-refractivity contribution in [3.05, 3.63) is 0 Å². The van der Waals surface area contributed by atoms with Gasteiger partial charge in [-0.25, -0.2) is 0 Å². The molecule has 0 radical (unpaired) electrons. The monoisotopic (exact) mass is 230 g/mol. The van der Waals surface area contributed by atoms with E-state index < -0.39 is 0 Å². The van der Waals surface area contributed by atoms with Crippen molar-refractivity contribution < 1.29 is 4.74 Å². The summed E-state index contributed by atoms with van der Waals surface area (Å²) in [7, 11) is 0. The first-order chi connectivity index (χ1) is 3.71. The second-order valence-electron chi connectivity index (χ2n) is 2.66. The van der Waals surface area contributed by atoms with Gasteiger partial charge in [-0.2, -0.15) is 0 Å². The van der Waals surface area contributed by atoms with Crippen LogP contribution in [0.25, 0.3) is 0 Å². The second-order valence-corrected chi connectivity index (χ2v) is 7.80. The first-order valence-corrected chi connectivity index (χ1v) is 5.74. The summed E-state index contributed by atoms with van der Waals surface area (Å²) in [6.07, 6.45) is 0. The number of hydrogen-bond acceptors (Lipinski definition) is 1. The van der Waals surface area contributed by atoms with Crippen molar-refractivity contribution in [3.63, 3.8) is 0 Å².